The maximum Gasteiger partial charge on any atom is 0.226 e. The standard InChI is InChI=1S/C17H20ClN5O/c1-4-22-12(3)17(11(2)21-22)20-16(24)7-8-23-15-6-5-14(18)9-13(15)10-19-23/h5-6,9-10H,4,7-8H2,1-3H3,(H,20,24). The van der Waals surface area contributed by atoms with Gasteiger partial charge in [-0.2, -0.15) is 10.2 Å². The zero-order valence-corrected chi connectivity index (χ0v) is 14.8. The van der Waals surface area contributed by atoms with Gasteiger partial charge in [-0.25, -0.2) is 0 Å². The average molecular weight is 346 g/mol. The van der Waals surface area contributed by atoms with Crippen LogP contribution in [-0.4, -0.2) is 25.5 Å². The van der Waals surface area contributed by atoms with Gasteiger partial charge in [0.05, 0.1) is 35.3 Å². The predicted octanol–water partition coefficient (Wildman–Crippen LogP) is 3.55. The van der Waals surface area contributed by atoms with Crippen molar-refractivity contribution >= 4 is 34.1 Å². The fourth-order valence-electron chi connectivity index (χ4n) is 2.83. The summed E-state index contributed by atoms with van der Waals surface area (Å²) in [6, 6.07) is 5.61. The number of aromatic nitrogens is 4. The molecule has 126 valence electrons. The van der Waals surface area contributed by atoms with E-state index in [1.807, 2.05) is 48.3 Å². The highest BCUT2D eigenvalue weighted by molar-refractivity contribution is 6.31. The normalized spacial score (nSPS) is 11.2. The molecule has 0 atom stereocenters. The van der Waals surface area contributed by atoms with E-state index in [4.69, 9.17) is 11.6 Å². The Morgan fingerprint density at radius 3 is 2.79 bits per heavy atom. The Morgan fingerprint density at radius 2 is 2.08 bits per heavy atom. The molecule has 2 aromatic heterocycles. The summed E-state index contributed by atoms with van der Waals surface area (Å²) in [5.74, 6) is -0.0468. The molecule has 0 aliphatic rings. The van der Waals surface area contributed by atoms with E-state index < -0.39 is 0 Å². The summed E-state index contributed by atoms with van der Waals surface area (Å²) in [6.07, 6.45) is 2.11. The molecule has 3 aromatic rings. The van der Waals surface area contributed by atoms with Gasteiger partial charge in [0.1, 0.15) is 0 Å². The highest BCUT2D eigenvalue weighted by atomic mass is 35.5. The van der Waals surface area contributed by atoms with Crippen molar-refractivity contribution < 1.29 is 4.79 Å². The zero-order valence-electron chi connectivity index (χ0n) is 14.0. The lowest BCUT2D eigenvalue weighted by molar-refractivity contribution is -0.116. The van der Waals surface area contributed by atoms with E-state index in [1.54, 1.807) is 6.20 Å². The smallest absolute Gasteiger partial charge is 0.226 e. The maximum atomic E-state index is 12.3. The highest BCUT2D eigenvalue weighted by Gasteiger charge is 2.14. The van der Waals surface area contributed by atoms with Crippen molar-refractivity contribution in [2.24, 2.45) is 0 Å². The maximum absolute atomic E-state index is 12.3. The van der Waals surface area contributed by atoms with Gasteiger partial charge < -0.3 is 5.32 Å². The van der Waals surface area contributed by atoms with Gasteiger partial charge in [0.2, 0.25) is 5.91 Å². The number of fused-ring (bicyclic) bond motifs is 1. The van der Waals surface area contributed by atoms with E-state index in [9.17, 15) is 4.79 Å². The summed E-state index contributed by atoms with van der Waals surface area (Å²) >= 11 is 5.98. The van der Waals surface area contributed by atoms with Crippen LogP contribution in [0.15, 0.2) is 24.4 Å². The third-order valence-corrected chi connectivity index (χ3v) is 4.34. The van der Waals surface area contributed by atoms with Gasteiger partial charge in [0.25, 0.3) is 0 Å². The van der Waals surface area contributed by atoms with Crippen LogP contribution in [0.4, 0.5) is 5.69 Å². The molecule has 0 fully saturated rings. The number of hydrogen-bond acceptors (Lipinski definition) is 3. The van der Waals surface area contributed by atoms with Crippen LogP contribution in [0.3, 0.4) is 0 Å². The predicted molar refractivity (Wildman–Crippen MR) is 95.4 cm³/mol. The molecule has 1 amide bonds. The van der Waals surface area contributed by atoms with E-state index in [2.05, 4.69) is 15.5 Å². The minimum absolute atomic E-state index is 0.0468. The van der Waals surface area contributed by atoms with E-state index in [0.717, 1.165) is 34.5 Å². The molecule has 0 aliphatic carbocycles. The van der Waals surface area contributed by atoms with Crippen LogP contribution in [0.1, 0.15) is 24.7 Å². The lowest BCUT2D eigenvalue weighted by Crippen LogP contribution is -2.16. The van der Waals surface area contributed by atoms with Crippen molar-refractivity contribution in [3.05, 3.63) is 40.8 Å². The molecule has 1 N–H and O–H groups in total. The number of amides is 1. The van der Waals surface area contributed by atoms with Gasteiger partial charge in [-0.1, -0.05) is 11.6 Å². The van der Waals surface area contributed by atoms with Gasteiger partial charge in [0, 0.05) is 23.4 Å². The van der Waals surface area contributed by atoms with E-state index in [1.165, 1.54) is 0 Å². The van der Waals surface area contributed by atoms with Gasteiger partial charge in [-0.3, -0.25) is 14.2 Å². The number of carbonyl (C=O) groups excluding carboxylic acids is 1. The first kappa shape index (κ1) is 16.5. The highest BCUT2D eigenvalue weighted by Crippen LogP contribution is 2.21. The molecule has 0 saturated carbocycles. The molecule has 3 rings (SSSR count). The second-order valence-electron chi connectivity index (χ2n) is 5.73. The van der Waals surface area contributed by atoms with Crippen molar-refractivity contribution in [1.29, 1.82) is 0 Å². The first-order valence-electron chi connectivity index (χ1n) is 7.94. The Kier molecular flexibility index (Phi) is 4.57. The molecular weight excluding hydrogens is 326 g/mol. The Morgan fingerprint density at radius 1 is 1.29 bits per heavy atom. The van der Waals surface area contributed by atoms with Crippen molar-refractivity contribution in [2.45, 2.75) is 40.3 Å². The van der Waals surface area contributed by atoms with Crippen LogP contribution >= 0.6 is 11.6 Å². The SMILES string of the molecule is CCn1nc(C)c(NC(=O)CCn2ncc3cc(Cl)ccc32)c1C. The van der Waals surface area contributed by atoms with E-state index >= 15 is 0 Å². The molecular formula is C17H20ClN5O. The molecule has 0 unspecified atom stereocenters. The number of nitrogens with one attached hydrogen (secondary N) is 1. The molecule has 1 aromatic carbocycles. The summed E-state index contributed by atoms with van der Waals surface area (Å²) in [5.41, 5.74) is 3.58. The van der Waals surface area contributed by atoms with Crippen molar-refractivity contribution in [2.75, 3.05) is 5.32 Å². The Balaban J connectivity index is 1.68. The van der Waals surface area contributed by atoms with E-state index in [-0.39, 0.29) is 5.91 Å². The summed E-state index contributed by atoms with van der Waals surface area (Å²) in [4.78, 5) is 12.3. The number of aryl methyl sites for hydroxylation is 3. The Bertz CT molecular complexity index is 896. The van der Waals surface area contributed by atoms with Crippen LogP contribution in [-0.2, 0) is 17.9 Å². The van der Waals surface area contributed by atoms with Crippen LogP contribution in [0, 0.1) is 13.8 Å². The number of carbonyl (C=O) groups is 1. The van der Waals surface area contributed by atoms with Crippen LogP contribution in [0.25, 0.3) is 10.9 Å². The Labute approximate surface area is 145 Å². The molecule has 7 heteroatoms. The number of nitrogens with zero attached hydrogens (tertiary/aromatic N) is 4. The molecule has 0 aliphatic heterocycles. The topological polar surface area (TPSA) is 64.7 Å². The first-order valence-corrected chi connectivity index (χ1v) is 8.32. The summed E-state index contributed by atoms with van der Waals surface area (Å²) in [7, 11) is 0. The van der Waals surface area contributed by atoms with Crippen molar-refractivity contribution in [3.63, 3.8) is 0 Å². The largest absolute Gasteiger partial charge is 0.323 e. The van der Waals surface area contributed by atoms with Gasteiger partial charge in [-0.05, 0) is 39.0 Å². The van der Waals surface area contributed by atoms with E-state index in [0.29, 0.717) is 18.0 Å². The average Bonchev–Trinajstić information content (AvgIpc) is 3.07. The second kappa shape index (κ2) is 6.65. The number of rotatable bonds is 5. The lowest BCUT2D eigenvalue weighted by Gasteiger charge is -2.07. The molecule has 0 radical (unpaired) electrons. The number of benzene rings is 1. The van der Waals surface area contributed by atoms with Crippen molar-refractivity contribution in [3.8, 4) is 0 Å². The molecule has 0 spiro atoms. The number of hydrogen-bond donors (Lipinski definition) is 1. The van der Waals surface area contributed by atoms with Crippen LogP contribution in [0.2, 0.25) is 5.02 Å². The summed E-state index contributed by atoms with van der Waals surface area (Å²) in [6.45, 7) is 7.19. The fraction of sp³-hybridized carbons (Fsp3) is 0.353. The number of halogens is 1. The summed E-state index contributed by atoms with van der Waals surface area (Å²) in [5, 5.41) is 13.4. The Hall–Kier alpha value is -2.34. The minimum atomic E-state index is -0.0468. The first-order chi connectivity index (χ1) is 11.5. The third-order valence-electron chi connectivity index (χ3n) is 4.10. The van der Waals surface area contributed by atoms with Crippen molar-refractivity contribution in [1.82, 2.24) is 19.6 Å². The second-order valence-corrected chi connectivity index (χ2v) is 6.17. The monoisotopic (exact) mass is 345 g/mol. The molecule has 0 bridgehead atoms. The molecule has 2 heterocycles. The zero-order chi connectivity index (χ0) is 17.3. The third kappa shape index (κ3) is 3.14. The summed E-state index contributed by atoms with van der Waals surface area (Å²) < 4.78 is 3.70. The van der Waals surface area contributed by atoms with Gasteiger partial charge >= 0.3 is 0 Å². The molecule has 24 heavy (non-hydrogen) atoms. The van der Waals surface area contributed by atoms with Gasteiger partial charge in [-0.15, -0.1) is 0 Å². The number of anilines is 1. The van der Waals surface area contributed by atoms with Crippen LogP contribution in [0.5, 0.6) is 0 Å². The lowest BCUT2D eigenvalue weighted by atomic mass is 10.2. The molecule has 0 saturated heterocycles. The molecule has 6 nitrogen and oxygen atoms in total. The van der Waals surface area contributed by atoms with Gasteiger partial charge in [0.15, 0.2) is 0 Å². The minimum Gasteiger partial charge on any atom is -0.323 e. The quantitative estimate of drug-likeness (QED) is 0.769. The fourth-order valence-corrected chi connectivity index (χ4v) is 3.01. The van der Waals surface area contributed by atoms with Crippen LogP contribution < -0.4 is 5.32 Å².